The van der Waals surface area contributed by atoms with Crippen molar-refractivity contribution >= 4 is 23.7 Å². The van der Waals surface area contributed by atoms with E-state index in [0.29, 0.717) is 39.6 Å². The zero-order valence-corrected chi connectivity index (χ0v) is 23.7. The van der Waals surface area contributed by atoms with Crippen LogP contribution in [0.3, 0.4) is 0 Å². The second-order valence-electron chi connectivity index (χ2n) is 11.0. The fraction of sp³-hybridized carbons (Fsp3) is 0.355. The molecule has 2 atom stereocenters. The fourth-order valence-corrected chi connectivity index (χ4v) is 4.82. The lowest BCUT2D eigenvalue weighted by Gasteiger charge is -2.29. The molecule has 220 valence electrons. The average Bonchev–Trinajstić information content (AvgIpc) is 3.76. The molecule has 2 aliphatic rings. The van der Waals surface area contributed by atoms with Gasteiger partial charge in [-0.1, -0.05) is 6.92 Å². The molecule has 2 amide bonds. The number of aliphatic hydroxyl groups is 1. The smallest absolute Gasteiger partial charge is 0.251 e. The third kappa shape index (κ3) is 5.39. The third-order valence-corrected chi connectivity index (χ3v) is 7.96. The maximum atomic E-state index is 13.7. The number of rotatable bonds is 10. The van der Waals surface area contributed by atoms with Crippen LogP contribution in [0, 0.1) is 5.82 Å². The molecule has 1 saturated carbocycles. The van der Waals surface area contributed by atoms with Crippen LogP contribution in [0.2, 0.25) is 0 Å². The van der Waals surface area contributed by atoms with Crippen LogP contribution >= 0.6 is 0 Å². The Hall–Kier alpha value is -4.51. The second-order valence-corrected chi connectivity index (χ2v) is 11.0. The van der Waals surface area contributed by atoms with Gasteiger partial charge in [-0.3, -0.25) is 14.6 Å². The van der Waals surface area contributed by atoms with E-state index in [4.69, 9.17) is 25.9 Å². The fourth-order valence-electron chi connectivity index (χ4n) is 4.82. The molecular formula is C31H34FN5O5. The van der Waals surface area contributed by atoms with Gasteiger partial charge < -0.3 is 31.4 Å². The molecule has 2 heterocycles. The summed E-state index contributed by atoms with van der Waals surface area (Å²) in [6.07, 6.45) is 3.86. The van der Waals surface area contributed by atoms with Crippen molar-refractivity contribution in [3.63, 3.8) is 0 Å². The molecule has 42 heavy (non-hydrogen) atoms. The predicted octanol–water partition coefficient (Wildman–Crippen LogP) is 3.22. The molecule has 1 aliphatic heterocycles. The van der Waals surface area contributed by atoms with Gasteiger partial charge in [0, 0.05) is 28.5 Å². The van der Waals surface area contributed by atoms with E-state index >= 15 is 0 Å². The van der Waals surface area contributed by atoms with E-state index in [2.05, 4.69) is 10.3 Å². The third-order valence-electron chi connectivity index (χ3n) is 7.96. The number of carbonyl (C=O) groups excluding carboxylic acids is 2. The van der Waals surface area contributed by atoms with E-state index in [9.17, 15) is 19.1 Å². The van der Waals surface area contributed by atoms with E-state index in [1.54, 1.807) is 32.2 Å². The summed E-state index contributed by atoms with van der Waals surface area (Å²) in [5.41, 5.74) is 11.9. The molecule has 1 fully saturated rings. The molecule has 10 nitrogen and oxygen atoms in total. The maximum Gasteiger partial charge on any atom is 0.251 e. The predicted molar refractivity (Wildman–Crippen MR) is 156 cm³/mol. The Morgan fingerprint density at radius 3 is 2.62 bits per heavy atom. The van der Waals surface area contributed by atoms with Crippen molar-refractivity contribution in [3.05, 3.63) is 70.7 Å². The first-order valence-electron chi connectivity index (χ1n) is 13.7. The number of ether oxygens (including phenoxy) is 2. The highest BCUT2D eigenvalue weighted by atomic mass is 19.1. The average molecular weight is 576 g/mol. The first kappa shape index (κ1) is 29.0. The van der Waals surface area contributed by atoms with Gasteiger partial charge in [0.1, 0.15) is 40.6 Å². The monoisotopic (exact) mass is 575 g/mol. The largest absolute Gasteiger partial charge is 0.495 e. The van der Waals surface area contributed by atoms with Crippen molar-refractivity contribution in [2.45, 2.75) is 50.2 Å². The number of carbonyl (C=O) groups is 2. The number of nitrogens with one attached hydrogen (secondary N) is 1. The Labute approximate surface area is 242 Å². The number of methoxy groups -OCH3 is 1. The zero-order chi connectivity index (χ0) is 30.2. The lowest BCUT2D eigenvalue weighted by Crippen LogP contribution is -2.42. The van der Waals surface area contributed by atoms with Crippen LogP contribution < -0.4 is 26.3 Å². The molecule has 6 N–H and O–H groups in total. The van der Waals surface area contributed by atoms with E-state index in [1.165, 1.54) is 37.4 Å². The minimum atomic E-state index is -1.64. The van der Waals surface area contributed by atoms with Crippen LogP contribution in [0.5, 0.6) is 11.5 Å². The minimum Gasteiger partial charge on any atom is -0.495 e. The highest BCUT2D eigenvalue weighted by Gasteiger charge is 2.45. The quantitative estimate of drug-likeness (QED) is 0.213. The lowest BCUT2D eigenvalue weighted by molar-refractivity contribution is -0.123. The van der Waals surface area contributed by atoms with Crippen molar-refractivity contribution in [1.82, 2.24) is 10.3 Å². The van der Waals surface area contributed by atoms with Crippen LogP contribution in [0.15, 0.2) is 47.5 Å². The molecule has 0 radical (unpaired) electrons. The summed E-state index contributed by atoms with van der Waals surface area (Å²) in [4.78, 5) is 35.0. The molecule has 1 aliphatic carbocycles. The normalized spacial score (nSPS) is 19.2. The molecule has 0 saturated heterocycles. The number of anilines is 1. The Morgan fingerprint density at radius 1 is 1.29 bits per heavy atom. The van der Waals surface area contributed by atoms with Crippen LogP contribution in [0.1, 0.15) is 60.3 Å². The Bertz CT molecular complexity index is 1570. The number of nitrogen functional groups attached to an aromatic ring is 1. The Morgan fingerprint density at radius 2 is 2.00 bits per heavy atom. The first-order chi connectivity index (χ1) is 20.0. The molecule has 0 unspecified atom stereocenters. The van der Waals surface area contributed by atoms with Gasteiger partial charge >= 0.3 is 0 Å². The van der Waals surface area contributed by atoms with Crippen LogP contribution in [-0.4, -0.2) is 54.4 Å². The maximum absolute atomic E-state index is 13.7. The van der Waals surface area contributed by atoms with Crippen molar-refractivity contribution < 1.29 is 28.6 Å². The number of fused-ring (bicyclic) bond motifs is 1. The number of aliphatic imine (C=N–C) groups is 1. The summed E-state index contributed by atoms with van der Waals surface area (Å²) >= 11 is 0. The highest BCUT2D eigenvalue weighted by Crippen LogP contribution is 2.45. The number of hydrogen-bond donors (Lipinski definition) is 4. The van der Waals surface area contributed by atoms with Gasteiger partial charge in [-0.15, -0.1) is 0 Å². The van der Waals surface area contributed by atoms with Crippen molar-refractivity contribution in [3.8, 4) is 22.8 Å². The molecule has 11 heteroatoms. The zero-order valence-electron chi connectivity index (χ0n) is 23.7. The molecule has 5 rings (SSSR count). The van der Waals surface area contributed by atoms with Gasteiger partial charge in [0.2, 0.25) is 5.91 Å². The van der Waals surface area contributed by atoms with E-state index in [-0.39, 0.29) is 36.9 Å². The number of nitrogens with two attached hydrogens (primary N) is 2. The van der Waals surface area contributed by atoms with Crippen LogP contribution in [0.25, 0.3) is 11.3 Å². The van der Waals surface area contributed by atoms with E-state index < -0.39 is 28.6 Å². The SMILES string of the molecule is CC[C@](O)(CNC(=O)c1cc(C=NC2CC2)c(N)c(OC)c1)c1cc2c(c(-c3ccc(F)cc3)n1)OC[C@]2(C)C(N)=O. The summed E-state index contributed by atoms with van der Waals surface area (Å²) < 4.78 is 25.0. The molecule has 2 aromatic carbocycles. The number of halogens is 1. The standard InChI is InChI=1S/C31H34FN5O5/c1-4-31(40,15-36-28(38)18-11-19(14-35-21-9-10-21)25(33)23(12-18)41-3)24-13-22-27(42-16-30(22,2)29(34)39)26(37-24)17-5-7-20(32)8-6-17/h5-8,11-14,21,40H,4,9-10,15-16,33H2,1-3H3,(H2,34,39)(H,36,38)/t30-,31-/m0/s1. The minimum absolute atomic E-state index is 0.0103. The van der Waals surface area contributed by atoms with Crippen molar-refractivity contribution in [2.24, 2.45) is 10.7 Å². The number of aromatic nitrogens is 1. The summed E-state index contributed by atoms with van der Waals surface area (Å²) in [6, 6.07) is 10.7. The van der Waals surface area contributed by atoms with Gasteiger partial charge in [0.25, 0.3) is 5.91 Å². The van der Waals surface area contributed by atoms with Gasteiger partial charge in [0.05, 0.1) is 31.1 Å². The van der Waals surface area contributed by atoms with Crippen LogP contribution in [-0.2, 0) is 15.8 Å². The Kier molecular flexibility index (Phi) is 7.63. The van der Waals surface area contributed by atoms with Gasteiger partial charge in [-0.25, -0.2) is 9.37 Å². The van der Waals surface area contributed by atoms with Gasteiger partial charge in [-0.2, -0.15) is 0 Å². The van der Waals surface area contributed by atoms with Crippen molar-refractivity contribution in [2.75, 3.05) is 26.0 Å². The summed E-state index contributed by atoms with van der Waals surface area (Å²) in [5.74, 6) is -0.825. The number of nitrogens with zero attached hydrogens (tertiary/aromatic N) is 2. The van der Waals surface area contributed by atoms with Gasteiger partial charge in [-0.05, 0) is 68.7 Å². The number of amides is 2. The Balaban J connectivity index is 1.49. The number of benzene rings is 2. The molecular weight excluding hydrogens is 541 g/mol. The summed E-state index contributed by atoms with van der Waals surface area (Å²) in [5, 5.41) is 14.6. The molecule has 0 spiro atoms. The summed E-state index contributed by atoms with van der Waals surface area (Å²) in [7, 11) is 1.47. The molecule has 1 aromatic heterocycles. The molecule has 3 aromatic rings. The van der Waals surface area contributed by atoms with Gasteiger partial charge in [0.15, 0.2) is 0 Å². The van der Waals surface area contributed by atoms with Crippen LogP contribution in [0.4, 0.5) is 10.1 Å². The number of primary amides is 1. The number of hydrogen-bond acceptors (Lipinski definition) is 8. The number of pyridine rings is 1. The van der Waals surface area contributed by atoms with E-state index in [0.717, 1.165) is 12.8 Å². The second kappa shape index (κ2) is 11.1. The lowest BCUT2D eigenvalue weighted by atomic mass is 9.81. The highest BCUT2D eigenvalue weighted by molar-refractivity contribution is 5.99. The van der Waals surface area contributed by atoms with E-state index in [1.807, 2.05) is 0 Å². The first-order valence-corrected chi connectivity index (χ1v) is 13.7. The van der Waals surface area contributed by atoms with Crippen molar-refractivity contribution in [1.29, 1.82) is 0 Å². The molecule has 0 bridgehead atoms. The topological polar surface area (TPSA) is 162 Å². The summed E-state index contributed by atoms with van der Waals surface area (Å²) in [6.45, 7) is 3.19.